The lowest BCUT2D eigenvalue weighted by Gasteiger charge is -2.36. The van der Waals surface area contributed by atoms with E-state index in [0.717, 1.165) is 31.7 Å². The van der Waals surface area contributed by atoms with Gasteiger partial charge in [0.05, 0.1) is 12.2 Å². The molecule has 1 heterocycles. The van der Waals surface area contributed by atoms with Crippen molar-refractivity contribution in [1.82, 2.24) is 9.80 Å². The molecule has 1 aliphatic heterocycles. The second-order valence-corrected chi connectivity index (χ2v) is 6.60. The maximum Gasteiger partial charge on any atom is 0.123 e. The fraction of sp³-hybridized carbons (Fsp3) is 0.400. The maximum absolute atomic E-state index is 13.3. The monoisotopic (exact) mass is 344 g/mol. The van der Waals surface area contributed by atoms with E-state index in [0.29, 0.717) is 18.7 Å². The Labute approximate surface area is 148 Å². The molecule has 2 atom stereocenters. The van der Waals surface area contributed by atoms with Crippen LogP contribution >= 0.6 is 0 Å². The molecule has 0 aliphatic carbocycles. The minimum atomic E-state index is -0.683. The molecule has 0 spiro atoms. The van der Waals surface area contributed by atoms with Gasteiger partial charge in [-0.1, -0.05) is 42.5 Å². The minimum absolute atomic E-state index is 0.323. The summed E-state index contributed by atoms with van der Waals surface area (Å²) in [5.74, 6) is -0.323. The molecule has 2 aromatic rings. The van der Waals surface area contributed by atoms with Gasteiger partial charge >= 0.3 is 0 Å². The first kappa shape index (κ1) is 18.0. The van der Waals surface area contributed by atoms with Crippen LogP contribution in [0.2, 0.25) is 0 Å². The fourth-order valence-corrected chi connectivity index (χ4v) is 3.24. The molecule has 0 bridgehead atoms. The Balaban J connectivity index is 1.45. The van der Waals surface area contributed by atoms with E-state index in [-0.39, 0.29) is 5.82 Å². The minimum Gasteiger partial charge on any atom is -0.387 e. The Kier molecular flexibility index (Phi) is 6.15. The van der Waals surface area contributed by atoms with E-state index < -0.39 is 12.2 Å². The average Bonchev–Trinajstić information content (AvgIpc) is 2.64. The van der Waals surface area contributed by atoms with Gasteiger partial charge in [-0.3, -0.25) is 9.80 Å². The third-order valence-electron chi connectivity index (χ3n) is 4.74. The summed E-state index contributed by atoms with van der Waals surface area (Å²) in [7, 11) is 0. The first-order valence-electron chi connectivity index (χ1n) is 8.73. The number of aliphatic hydroxyl groups is 2. The molecule has 0 aromatic heterocycles. The predicted molar refractivity (Wildman–Crippen MR) is 95.6 cm³/mol. The van der Waals surface area contributed by atoms with Crippen LogP contribution in [0.4, 0.5) is 4.39 Å². The number of benzene rings is 2. The van der Waals surface area contributed by atoms with Crippen molar-refractivity contribution in [3.63, 3.8) is 0 Å². The molecule has 3 rings (SSSR count). The van der Waals surface area contributed by atoms with Crippen molar-refractivity contribution in [3.05, 3.63) is 71.5 Å². The summed E-state index contributed by atoms with van der Waals surface area (Å²) < 4.78 is 13.3. The van der Waals surface area contributed by atoms with E-state index in [4.69, 9.17) is 0 Å². The van der Waals surface area contributed by atoms with E-state index >= 15 is 0 Å². The Bertz CT molecular complexity index is 660. The maximum atomic E-state index is 13.3. The number of hydrogen-bond donors (Lipinski definition) is 2. The second kappa shape index (κ2) is 8.54. The molecule has 0 saturated carbocycles. The first-order valence-corrected chi connectivity index (χ1v) is 8.73. The van der Waals surface area contributed by atoms with Crippen LogP contribution in [-0.2, 0) is 0 Å². The van der Waals surface area contributed by atoms with Crippen LogP contribution in [0.5, 0.6) is 0 Å². The second-order valence-electron chi connectivity index (χ2n) is 6.60. The molecular formula is C20H25FN2O2. The molecule has 25 heavy (non-hydrogen) atoms. The van der Waals surface area contributed by atoms with Gasteiger partial charge in [-0.2, -0.15) is 0 Å². The molecular weight excluding hydrogens is 319 g/mol. The molecule has 1 saturated heterocycles. The molecule has 2 N–H and O–H groups in total. The van der Waals surface area contributed by atoms with Gasteiger partial charge in [0.2, 0.25) is 0 Å². The Morgan fingerprint density at radius 3 is 1.84 bits per heavy atom. The number of nitrogens with zero attached hydrogens (tertiary/aromatic N) is 2. The summed E-state index contributed by atoms with van der Waals surface area (Å²) in [6, 6.07) is 15.8. The van der Waals surface area contributed by atoms with Gasteiger partial charge < -0.3 is 10.2 Å². The van der Waals surface area contributed by atoms with Crippen molar-refractivity contribution in [2.45, 2.75) is 12.2 Å². The van der Waals surface area contributed by atoms with Gasteiger partial charge in [-0.15, -0.1) is 0 Å². The SMILES string of the molecule is O[C@H](CN1CCN(C[C@@H](O)c2cccc(F)c2)CC1)c1ccccc1. The highest BCUT2D eigenvalue weighted by Crippen LogP contribution is 2.18. The van der Waals surface area contributed by atoms with E-state index in [1.807, 2.05) is 30.3 Å². The van der Waals surface area contributed by atoms with Gasteiger partial charge in [-0.25, -0.2) is 4.39 Å². The lowest BCUT2D eigenvalue weighted by Crippen LogP contribution is -2.48. The number of aliphatic hydroxyl groups excluding tert-OH is 2. The number of piperazine rings is 1. The number of β-amino-alcohol motifs (C(OH)–C–C–N with tert-alkyl or cyclic N) is 2. The largest absolute Gasteiger partial charge is 0.387 e. The highest BCUT2D eigenvalue weighted by molar-refractivity contribution is 5.19. The average molecular weight is 344 g/mol. The molecule has 0 radical (unpaired) electrons. The van der Waals surface area contributed by atoms with Gasteiger partial charge in [0.1, 0.15) is 5.82 Å². The van der Waals surface area contributed by atoms with E-state index in [9.17, 15) is 14.6 Å². The van der Waals surface area contributed by atoms with Crippen molar-refractivity contribution in [2.24, 2.45) is 0 Å². The number of halogens is 1. The van der Waals surface area contributed by atoms with Crippen molar-refractivity contribution in [2.75, 3.05) is 39.3 Å². The van der Waals surface area contributed by atoms with Crippen LogP contribution in [0.25, 0.3) is 0 Å². The quantitative estimate of drug-likeness (QED) is 0.844. The van der Waals surface area contributed by atoms with E-state index in [1.54, 1.807) is 12.1 Å². The summed E-state index contributed by atoms with van der Waals surface area (Å²) >= 11 is 0. The Morgan fingerprint density at radius 2 is 1.28 bits per heavy atom. The molecule has 4 nitrogen and oxygen atoms in total. The standard InChI is InChI=1S/C20H25FN2O2/c21-18-8-4-7-17(13-18)20(25)15-23-11-9-22(10-12-23)14-19(24)16-5-2-1-3-6-16/h1-8,13,19-20,24-25H,9-12,14-15H2/t19-,20-/m1/s1. The van der Waals surface area contributed by atoms with Crippen LogP contribution in [0, 0.1) is 5.82 Å². The zero-order valence-electron chi connectivity index (χ0n) is 14.3. The Hall–Kier alpha value is -1.79. The van der Waals surface area contributed by atoms with Crippen molar-refractivity contribution >= 4 is 0 Å². The van der Waals surface area contributed by atoms with Crippen LogP contribution in [0.3, 0.4) is 0 Å². The summed E-state index contributed by atoms with van der Waals surface area (Å²) in [5.41, 5.74) is 1.55. The zero-order chi connectivity index (χ0) is 17.6. The summed E-state index contributed by atoms with van der Waals surface area (Å²) in [6.07, 6.45) is -1.16. The molecule has 2 aromatic carbocycles. The van der Waals surface area contributed by atoms with Crippen molar-refractivity contribution < 1.29 is 14.6 Å². The summed E-state index contributed by atoms with van der Waals surface area (Å²) in [5, 5.41) is 20.6. The van der Waals surface area contributed by atoms with E-state index in [1.165, 1.54) is 12.1 Å². The van der Waals surface area contributed by atoms with Crippen LogP contribution in [-0.4, -0.2) is 59.3 Å². The highest BCUT2D eigenvalue weighted by atomic mass is 19.1. The first-order chi connectivity index (χ1) is 12.1. The lowest BCUT2D eigenvalue weighted by atomic mass is 10.1. The number of rotatable bonds is 6. The molecule has 5 heteroatoms. The fourth-order valence-electron chi connectivity index (χ4n) is 3.24. The third-order valence-corrected chi connectivity index (χ3v) is 4.74. The summed E-state index contributed by atoms with van der Waals surface area (Å²) in [6.45, 7) is 4.46. The van der Waals surface area contributed by atoms with Gasteiger partial charge in [0.15, 0.2) is 0 Å². The predicted octanol–water partition coefficient (Wildman–Crippen LogP) is 2.21. The third kappa shape index (κ3) is 5.09. The molecule has 1 aliphatic rings. The smallest absolute Gasteiger partial charge is 0.123 e. The highest BCUT2D eigenvalue weighted by Gasteiger charge is 2.22. The van der Waals surface area contributed by atoms with Gasteiger partial charge in [-0.05, 0) is 23.3 Å². The topological polar surface area (TPSA) is 46.9 Å². The van der Waals surface area contributed by atoms with Gasteiger partial charge in [0.25, 0.3) is 0 Å². The molecule has 0 amide bonds. The van der Waals surface area contributed by atoms with E-state index in [2.05, 4.69) is 9.80 Å². The molecule has 134 valence electrons. The van der Waals surface area contributed by atoms with Crippen molar-refractivity contribution in [1.29, 1.82) is 0 Å². The number of hydrogen-bond acceptors (Lipinski definition) is 4. The zero-order valence-corrected chi connectivity index (χ0v) is 14.3. The van der Waals surface area contributed by atoms with Gasteiger partial charge in [0, 0.05) is 39.3 Å². The van der Waals surface area contributed by atoms with Crippen LogP contribution < -0.4 is 0 Å². The van der Waals surface area contributed by atoms with Crippen molar-refractivity contribution in [3.8, 4) is 0 Å². The lowest BCUT2D eigenvalue weighted by molar-refractivity contribution is 0.0482. The van der Waals surface area contributed by atoms with Crippen LogP contribution in [0.1, 0.15) is 23.3 Å². The molecule has 0 unspecified atom stereocenters. The summed E-state index contributed by atoms with van der Waals surface area (Å²) in [4.78, 5) is 4.42. The normalized spacial score (nSPS) is 18.8. The Morgan fingerprint density at radius 1 is 0.760 bits per heavy atom. The molecule has 1 fully saturated rings. The van der Waals surface area contributed by atoms with Crippen LogP contribution in [0.15, 0.2) is 54.6 Å².